The summed E-state index contributed by atoms with van der Waals surface area (Å²) in [5.41, 5.74) is 0. The summed E-state index contributed by atoms with van der Waals surface area (Å²) < 4.78 is 0.650. The Kier molecular flexibility index (Phi) is 27.5. The maximum Gasteiger partial charge on any atom is 0.231 e. The Hall–Kier alpha value is 1.27. The summed E-state index contributed by atoms with van der Waals surface area (Å²) >= 11 is 0. The van der Waals surface area contributed by atoms with Gasteiger partial charge in [0.25, 0.3) is 0 Å². The molecule has 0 spiro atoms. The Bertz CT molecular complexity index is 254. The van der Waals surface area contributed by atoms with E-state index >= 15 is 0 Å². The molecule has 5 nitrogen and oxygen atoms in total. The Morgan fingerprint density at radius 1 is 1.10 bits per heavy atom. The number of amides is 1. The van der Waals surface area contributed by atoms with Crippen LogP contribution in [0.4, 0.5) is 0 Å². The van der Waals surface area contributed by atoms with E-state index in [0.717, 1.165) is 0 Å². The first-order chi connectivity index (χ1) is 7.20. The van der Waals surface area contributed by atoms with Crippen LogP contribution in [-0.2, 0) is 75.0 Å². The third kappa shape index (κ3) is 24.3. The average molecular weight is 439 g/mol. The molecular formula is C13H31N3O2Y2. The van der Waals surface area contributed by atoms with E-state index in [1.807, 2.05) is 40.1 Å². The van der Waals surface area contributed by atoms with Crippen LogP contribution in [0.1, 0.15) is 20.3 Å². The smallest absolute Gasteiger partial charge is 0.231 e. The topological polar surface area (TPSA) is 49.4 Å². The summed E-state index contributed by atoms with van der Waals surface area (Å²) in [6.45, 7) is 1.24. The Labute approximate surface area is 176 Å². The normalized spacial score (nSPS) is 9.30. The Balaban J connectivity index is -0.000000187. The summed E-state index contributed by atoms with van der Waals surface area (Å²) in [6, 6.07) is 0. The molecule has 0 aliphatic rings. The van der Waals surface area contributed by atoms with Gasteiger partial charge in [0.2, 0.25) is 5.91 Å². The second-order valence-corrected chi connectivity index (χ2v) is 5.32. The van der Waals surface area contributed by atoms with Gasteiger partial charge in [0.1, 0.15) is 5.78 Å². The molecule has 1 amide bonds. The van der Waals surface area contributed by atoms with Crippen molar-refractivity contribution in [1.29, 1.82) is 0 Å². The molecule has 0 saturated heterocycles. The number of Topliss-reactive ketones (excluding diaryl/α,β-unsaturated/α-hetero) is 1. The van der Waals surface area contributed by atoms with E-state index < -0.39 is 0 Å². The Morgan fingerprint density at radius 3 is 1.90 bits per heavy atom. The fourth-order valence-electron chi connectivity index (χ4n) is 1.00. The molecule has 0 rings (SSSR count). The molecule has 0 aromatic rings. The third-order valence-electron chi connectivity index (χ3n) is 1.95. The third-order valence-corrected chi connectivity index (χ3v) is 1.95. The number of carbonyl (C=O) groups is 2. The zero-order valence-corrected chi connectivity index (χ0v) is 18.9. The molecule has 0 aromatic heterocycles. The van der Waals surface area contributed by atoms with Crippen LogP contribution >= 0.6 is 0 Å². The molecule has 1 N–H and O–H groups in total. The molecule has 0 fully saturated rings. The Morgan fingerprint density at radius 2 is 1.55 bits per heavy atom. The molecular weight excluding hydrogens is 408 g/mol. The number of nitrogens with one attached hydrogen (secondary N) is 1. The minimum Gasteiger partial charge on any atom is -0.358 e. The van der Waals surface area contributed by atoms with Crippen LogP contribution in [0.3, 0.4) is 0 Å². The first kappa shape index (κ1) is 33.0. The summed E-state index contributed by atoms with van der Waals surface area (Å²) in [7, 11) is 9.76. The number of rotatable bonds is 7. The summed E-state index contributed by atoms with van der Waals surface area (Å²) in [5.74, 6) is -0.190. The van der Waals surface area contributed by atoms with E-state index in [-0.39, 0.29) is 98.4 Å². The molecule has 0 atom stereocenters. The van der Waals surface area contributed by atoms with Crippen molar-refractivity contribution in [1.82, 2.24) is 10.2 Å². The number of hydrogen-bond donors (Lipinski definition) is 1. The second-order valence-electron chi connectivity index (χ2n) is 5.32. The van der Waals surface area contributed by atoms with Gasteiger partial charge < -0.3 is 22.1 Å². The minimum absolute atomic E-state index is 0. The van der Waals surface area contributed by atoms with E-state index in [9.17, 15) is 9.59 Å². The molecule has 116 valence electrons. The fourth-order valence-corrected chi connectivity index (χ4v) is 1.00. The molecule has 0 aliphatic heterocycles. The van der Waals surface area contributed by atoms with Gasteiger partial charge in [-0.2, -0.15) is 0 Å². The van der Waals surface area contributed by atoms with Crippen LogP contribution in [0.2, 0.25) is 0 Å². The predicted molar refractivity (Wildman–Crippen MR) is 77.0 cm³/mol. The van der Waals surface area contributed by atoms with E-state index in [4.69, 9.17) is 0 Å². The van der Waals surface area contributed by atoms with Crippen molar-refractivity contribution in [3.8, 4) is 0 Å². The standard InChI is InChI=1S/C11H23N3O2.CH4.CH3.2Y/c1-13(2)7-6-10(15)8-11(16)12-9-14(3,4)5;;;;/h6-9H2,1-5H3;1H4;1H3;;/q;;-1;;/p+1. The molecule has 0 aliphatic carbocycles. The number of quaternary nitrogens is 1. The van der Waals surface area contributed by atoms with Crippen LogP contribution < -0.4 is 5.32 Å². The van der Waals surface area contributed by atoms with Gasteiger partial charge in [0, 0.05) is 78.4 Å². The number of nitrogens with zero attached hydrogens (tertiary/aromatic N) is 2. The van der Waals surface area contributed by atoms with Gasteiger partial charge in [0.15, 0.2) is 6.67 Å². The SMILES string of the molecule is C.CN(C)CCC(=O)CC(=O)NC[N+](C)(C)C.[CH3-].[Y].[Y]. The first-order valence-corrected chi connectivity index (χ1v) is 5.44. The van der Waals surface area contributed by atoms with Crippen molar-refractivity contribution < 1.29 is 79.5 Å². The second kappa shape index (κ2) is 16.6. The minimum atomic E-state index is -0.184. The van der Waals surface area contributed by atoms with Crippen LogP contribution in [0, 0.1) is 7.43 Å². The van der Waals surface area contributed by atoms with E-state index in [1.165, 1.54) is 0 Å². The average Bonchev–Trinajstić information content (AvgIpc) is 2.10. The zero-order valence-electron chi connectivity index (χ0n) is 13.2. The predicted octanol–water partition coefficient (Wildman–Crippen LogP) is 0.759. The quantitative estimate of drug-likeness (QED) is 0.276. The van der Waals surface area contributed by atoms with Gasteiger partial charge in [-0.3, -0.25) is 9.59 Å². The van der Waals surface area contributed by atoms with Crippen molar-refractivity contribution in [2.24, 2.45) is 0 Å². The first-order valence-electron chi connectivity index (χ1n) is 5.44. The molecule has 0 aromatic carbocycles. The van der Waals surface area contributed by atoms with Crippen molar-refractivity contribution in [3.05, 3.63) is 7.43 Å². The van der Waals surface area contributed by atoms with Crippen molar-refractivity contribution >= 4 is 11.7 Å². The van der Waals surface area contributed by atoms with Crippen molar-refractivity contribution in [3.63, 3.8) is 0 Å². The molecule has 20 heavy (non-hydrogen) atoms. The zero-order chi connectivity index (χ0) is 12.8. The van der Waals surface area contributed by atoms with Gasteiger partial charge in [-0.1, -0.05) is 7.43 Å². The summed E-state index contributed by atoms with van der Waals surface area (Å²) in [6.07, 6.45) is 0.429. The van der Waals surface area contributed by atoms with E-state index in [1.54, 1.807) is 0 Å². The van der Waals surface area contributed by atoms with Gasteiger partial charge >= 0.3 is 0 Å². The number of ketones is 1. The maximum atomic E-state index is 11.4. The monoisotopic (exact) mass is 439 g/mol. The maximum absolute atomic E-state index is 11.4. The van der Waals surface area contributed by atoms with E-state index in [2.05, 4.69) is 5.32 Å². The largest absolute Gasteiger partial charge is 0.358 e. The van der Waals surface area contributed by atoms with Crippen LogP contribution in [0.15, 0.2) is 0 Å². The molecule has 0 heterocycles. The summed E-state index contributed by atoms with van der Waals surface area (Å²) in [5, 5.41) is 2.74. The molecule has 2 radical (unpaired) electrons. The van der Waals surface area contributed by atoms with Gasteiger partial charge in [-0.25, -0.2) is 0 Å². The van der Waals surface area contributed by atoms with Crippen LogP contribution in [0.25, 0.3) is 0 Å². The van der Waals surface area contributed by atoms with Crippen molar-refractivity contribution in [2.75, 3.05) is 48.5 Å². The van der Waals surface area contributed by atoms with Gasteiger partial charge in [-0.05, 0) is 14.1 Å². The van der Waals surface area contributed by atoms with Crippen LogP contribution in [0.5, 0.6) is 0 Å². The number of hydrogen-bond acceptors (Lipinski definition) is 3. The summed E-state index contributed by atoms with van der Waals surface area (Å²) in [4.78, 5) is 24.7. The van der Waals surface area contributed by atoms with E-state index in [0.29, 0.717) is 24.1 Å². The van der Waals surface area contributed by atoms with Gasteiger partial charge in [0.05, 0.1) is 27.6 Å². The van der Waals surface area contributed by atoms with Gasteiger partial charge in [-0.15, -0.1) is 0 Å². The number of carbonyl (C=O) groups excluding carboxylic acids is 2. The fraction of sp³-hybridized carbons (Fsp3) is 0.769. The van der Waals surface area contributed by atoms with Crippen molar-refractivity contribution in [2.45, 2.75) is 20.3 Å². The molecule has 0 bridgehead atoms. The van der Waals surface area contributed by atoms with Crippen LogP contribution in [-0.4, -0.2) is 69.5 Å². The molecule has 0 saturated carbocycles. The molecule has 7 heteroatoms. The molecule has 0 unspecified atom stereocenters.